The SMILES string of the molecule is COC(=O)[C@@H](NC(=O)N1C(=O)[C@@]2(c3cc(C#CC4(O)CCCCCC4)ccc31)[C@H](c1ccc(OCCO)cc1)N1[C@H](c3ccccc3)[C@H](c3ccccc3)OC(=O)[C@H]1[C@@H]2C(=O)N1CCN(c2ncccn2)CC1)C(C)C. The van der Waals surface area contributed by atoms with Gasteiger partial charge in [0.2, 0.25) is 17.8 Å². The van der Waals surface area contributed by atoms with Gasteiger partial charge in [-0.05, 0) is 90.3 Å². The summed E-state index contributed by atoms with van der Waals surface area (Å²) in [5.74, 6) is 2.51. The molecule has 1 saturated carbocycles. The lowest BCUT2D eigenvalue weighted by atomic mass is 9.64. The summed E-state index contributed by atoms with van der Waals surface area (Å²) in [5, 5.41) is 24.3. The smallest absolute Gasteiger partial charge is 0.329 e. The summed E-state index contributed by atoms with van der Waals surface area (Å²) < 4.78 is 17.7. The van der Waals surface area contributed by atoms with Gasteiger partial charge in [0.05, 0.1) is 37.4 Å². The number of carbonyl (C=O) groups is 5. The van der Waals surface area contributed by atoms with Crippen LogP contribution >= 0.6 is 0 Å². The Balaban J connectivity index is 1.24. The predicted octanol–water partition coefficient (Wildman–Crippen LogP) is 6.21. The van der Waals surface area contributed by atoms with Crippen molar-refractivity contribution in [3.63, 3.8) is 0 Å². The molecule has 5 aliphatic rings. The summed E-state index contributed by atoms with van der Waals surface area (Å²) in [5.41, 5.74) is -0.699. The van der Waals surface area contributed by atoms with E-state index in [1.165, 1.54) is 7.11 Å². The minimum Gasteiger partial charge on any atom is -0.491 e. The van der Waals surface area contributed by atoms with E-state index in [2.05, 4.69) is 27.1 Å². The fourth-order valence-corrected chi connectivity index (χ4v) is 12.1. The maximum absolute atomic E-state index is 16.9. The minimum atomic E-state index is -2.12. The number of nitrogens with one attached hydrogen (secondary N) is 1. The van der Waals surface area contributed by atoms with Crippen molar-refractivity contribution in [2.75, 3.05) is 56.3 Å². The van der Waals surface area contributed by atoms with E-state index in [0.717, 1.165) is 36.1 Å². The van der Waals surface area contributed by atoms with Crippen molar-refractivity contribution in [1.82, 2.24) is 25.1 Å². The number of anilines is 2. The van der Waals surface area contributed by atoms with Crippen LogP contribution in [0.15, 0.2) is 122 Å². The first-order chi connectivity index (χ1) is 36.9. The van der Waals surface area contributed by atoms with Crippen LogP contribution in [0.1, 0.15) is 98.4 Å². The number of rotatable bonds is 11. The number of benzene rings is 4. The third-order valence-electron chi connectivity index (χ3n) is 15.7. The number of aromatic nitrogens is 2. The second-order valence-electron chi connectivity index (χ2n) is 20.5. The zero-order chi connectivity index (χ0) is 53.1. The van der Waals surface area contributed by atoms with Crippen molar-refractivity contribution in [3.05, 3.63) is 149 Å². The lowest BCUT2D eigenvalue weighted by Gasteiger charge is -2.46. The second kappa shape index (κ2) is 21.9. The van der Waals surface area contributed by atoms with Crippen LogP contribution < -0.4 is 19.9 Å². The molecular formula is C59H63N7O10. The van der Waals surface area contributed by atoms with E-state index in [4.69, 9.17) is 14.2 Å². The molecule has 5 heterocycles. The molecule has 3 N–H and O–H groups in total. The van der Waals surface area contributed by atoms with Gasteiger partial charge in [-0.2, -0.15) is 0 Å². The molecule has 4 fully saturated rings. The van der Waals surface area contributed by atoms with E-state index >= 15 is 19.2 Å². The van der Waals surface area contributed by atoms with Gasteiger partial charge < -0.3 is 39.5 Å². The van der Waals surface area contributed by atoms with E-state index in [-0.39, 0.29) is 37.6 Å². The topological polar surface area (TPSA) is 204 Å². The van der Waals surface area contributed by atoms with Crippen LogP contribution in [-0.4, -0.2) is 124 Å². The van der Waals surface area contributed by atoms with Crippen molar-refractivity contribution in [2.45, 2.75) is 93.7 Å². The number of morpholine rings is 1. The number of ether oxygens (including phenoxy) is 3. The van der Waals surface area contributed by atoms with Crippen molar-refractivity contribution in [3.8, 4) is 17.6 Å². The fraction of sp³-hybridized carbons (Fsp3) is 0.407. The van der Waals surface area contributed by atoms with Crippen LogP contribution in [0.3, 0.4) is 0 Å². The number of piperazine rings is 1. The molecule has 3 saturated heterocycles. The van der Waals surface area contributed by atoms with Gasteiger partial charge in [-0.1, -0.05) is 111 Å². The molecule has 0 unspecified atom stereocenters. The minimum absolute atomic E-state index is 0.0135. The molecule has 4 amide bonds. The van der Waals surface area contributed by atoms with Gasteiger partial charge >= 0.3 is 18.0 Å². The van der Waals surface area contributed by atoms with Crippen LogP contribution in [0.2, 0.25) is 0 Å². The largest absolute Gasteiger partial charge is 0.491 e. The molecule has 1 spiro atoms. The molecule has 76 heavy (non-hydrogen) atoms. The van der Waals surface area contributed by atoms with Crippen LogP contribution in [0, 0.1) is 23.7 Å². The first-order valence-electron chi connectivity index (χ1n) is 26.2. The predicted molar refractivity (Wildman–Crippen MR) is 280 cm³/mol. The molecule has 4 aliphatic heterocycles. The van der Waals surface area contributed by atoms with Crippen LogP contribution in [0.4, 0.5) is 16.4 Å². The third-order valence-corrected chi connectivity index (χ3v) is 15.7. The molecule has 17 heteroatoms. The lowest BCUT2D eigenvalue weighted by Crippen LogP contribution is -2.60. The average molecular weight is 1030 g/mol. The molecule has 5 aromatic rings. The molecule has 0 bridgehead atoms. The van der Waals surface area contributed by atoms with Crippen molar-refractivity contribution in [2.24, 2.45) is 11.8 Å². The molecule has 7 atom stereocenters. The Morgan fingerprint density at radius 2 is 1.47 bits per heavy atom. The summed E-state index contributed by atoms with van der Waals surface area (Å²) >= 11 is 0. The molecule has 1 aliphatic carbocycles. The van der Waals surface area contributed by atoms with Gasteiger partial charge in [0.15, 0.2) is 0 Å². The molecule has 0 radical (unpaired) electrons. The number of hydrogen-bond donors (Lipinski definition) is 3. The monoisotopic (exact) mass is 1030 g/mol. The van der Waals surface area contributed by atoms with E-state index in [1.807, 2.05) is 70.5 Å². The number of carbonyl (C=O) groups excluding carboxylic acids is 5. The summed E-state index contributed by atoms with van der Waals surface area (Å²) in [6.07, 6.45) is 6.90. The molecule has 10 rings (SSSR count). The number of aliphatic hydroxyl groups is 2. The fourth-order valence-electron chi connectivity index (χ4n) is 12.1. The number of esters is 2. The van der Waals surface area contributed by atoms with Gasteiger partial charge in [0.25, 0.3) is 0 Å². The Hall–Kier alpha value is -7.65. The highest BCUT2D eigenvalue weighted by Crippen LogP contribution is 2.66. The van der Waals surface area contributed by atoms with Crippen LogP contribution in [0.5, 0.6) is 5.75 Å². The Kier molecular flexibility index (Phi) is 14.9. The molecule has 1 aromatic heterocycles. The Labute approximate surface area is 442 Å². The number of aliphatic hydroxyl groups excluding tert-OH is 1. The number of nitrogens with zero attached hydrogens (tertiary/aromatic N) is 6. The van der Waals surface area contributed by atoms with Crippen LogP contribution in [0.25, 0.3) is 0 Å². The third kappa shape index (κ3) is 9.54. The summed E-state index contributed by atoms with van der Waals surface area (Å²) in [6.45, 7) is 4.28. The normalized spacial score (nSPS) is 24.4. The maximum atomic E-state index is 16.9. The van der Waals surface area contributed by atoms with Gasteiger partial charge in [0.1, 0.15) is 41.6 Å². The number of amides is 4. The first kappa shape index (κ1) is 51.8. The van der Waals surface area contributed by atoms with Crippen molar-refractivity contribution in [1.29, 1.82) is 0 Å². The molecule has 17 nitrogen and oxygen atoms in total. The van der Waals surface area contributed by atoms with Gasteiger partial charge in [0, 0.05) is 44.1 Å². The second-order valence-corrected chi connectivity index (χ2v) is 20.5. The summed E-state index contributed by atoms with van der Waals surface area (Å²) in [4.78, 5) is 93.3. The average Bonchev–Trinajstić information content (AvgIpc) is 4.02. The maximum Gasteiger partial charge on any atom is 0.329 e. The Morgan fingerprint density at radius 1 is 0.816 bits per heavy atom. The number of imide groups is 1. The van der Waals surface area contributed by atoms with E-state index in [1.54, 1.807) is 79.7 Å². The summed E-state index contributed by atoms with van der Waals surface area (Å²) in [6, 6.07) is 27.0. The number of fused-ring (bicyclic) bond motifs is 3. The van der Waals surface area contributed by atoms with E-state index in [9.17, 15) is 15.0 Å². The highest BCUT2D eigenvalue weighted by molar-refractivity contribution is 6.25. The van der Waals surface area contributed by atoms with Gasteiger partial charge in [-0.3, -0.25) is 19.3 Å². The van der Waals surface area contributed by atoms with Gasteiger partial charge in [-0.15, -0.1) is 0 Å². The highest BCUT2D eigenvalue weighted by Gasteiger charge is 2.76. The standard InChI is InChI=1S/C59H63N7O10/c1-38(2)47(53(69)74-3)62-57(72)65-45-24-19-39(25-28-58(73)26-12-4-5-13-27-58)37-44(45)59(55(65)71)46(52(68)63-31-33-64(34-32-63)56-60-29-14-30-61-56)49-54(70)76-50(41-17-10-7-11-18-41)48(40-15-8-6-9-16-40)66(49)51(59)42-20-22-43(23-21-42)75-36-35-67/h6-11,14-24,29-30,37-38,46-51,67,73H,4-5,12-13,26-27,31-36H2,1-3H3,(H,62,72)/t46-,47+,48-,49-,50+,51+,59-/m1/s1. The lowest BCUT2D eigenvalue weighted by molar-refractivity contribution is -0.179. The van der Waals surface area contributed by atoms with Crippen molar-refractivity contribution < 1.29 is 48.4 Å². The zero-order valence-corrected chi connectivity index (χ0v) is 42.9. The number of hydrogen-bond acceptors (Lipinski definition) is 14. The molecule has 4 aromatic carbocycles. The number of cyclic esters (lactones) is 1. The van der Waals surface area contributed by atoms with Crippen molar-refractivity contribution >= 4 is 41.4 Å². The van der Waals surface area contributed by atoms with Gasteiger partial charge in [-0.25, -0.2) is 24.5 Å². The quantitative estimate of drug-likeness (QED) is 0.0766. The number of urea groups is 1. The Bertz CT molecular complexity index is 2990. The zero-order valence-electron chi connectivity index (χ0n) is 42.9. The highest BCUT2D eigenvalue weighted by atomic mass is 16.6. The van der Waals surface area contributed by atoms with Crippen LogP contribution in [-0.2, 0) is 34.1 Å². The van der Waals surface area contributed by atoms with E-state index in [0.29, 0.717) is 54.3 Å². The number of methoxy groups -OCH3 is 1. The van der Waals surface area contributed by atoms with E-state index < -0.39 is 82.9 Å². The first-order valence-corrected chi connectivity index (χ1v) is 26.2. The molecular weight excluding hydrogens is 967 g/mol. The molecule has 394 valence electrons. The Morgan fingerprint density at radius 3 is 2.11 bits per heavy atom. The summed E-state index contributed by atoms with van der Waals surface area (Å²) in [7, 11) is 1.22.